The van der Waals surface area contributed by atoms with Gasteiger partial charge in [-0.25, -0.2) is 0 Å². The second-order valence-electron chi connectivity index (χ2n) is 4.82. The summed E-state index contributed by atoms with van der Waals surface area (Å²) in [5.41, 5.74) is 6.30. The molecule has 2 heterocycles. The SMILES string of the molecule is CCOC(C)(C)c1noc(C(N)c2cnn(C)c2)n1. The molecule has 2 rings (SSSR count). The standard InChI is InChI=1S/C12H19N5O2/c1-5-18-12(2,3)11-15-10(19-16-11)9(13)8-6-14-17(4)7-8/h6-7,9H,5,13H2,1-4H3. The van der Waals surface area contributed by atoms with E-state index in [0.29, 0.717) is 18.3 Å². The van der Waals surface area contributed by atoms with Crippen LogP contribution >= 0.6 is 0 Å². The van der Waals surface area contributed by atoms with Crippen molar-refractivity contribution in [2.75, 3.05) is 6.61 Å². The minimum atomic E-state index is -0.592. The lowest BCUT2D eigenvalue weighted by atomic mass is 10.1. The highest BCUT2D eigenvalue weighted by atomic mass is 16.5. The Morgan fingerprint density at radius 2 is 2.26 bits per heavy atom. The Balaban J connectivity index is 2.21. The second kappa shape index (κ2) is 5.10. The number of ether oxygens (including phenoxy) is 1. The maximum absolute atomic E-state index is 6.07. The first-order chi connectivity index (χ1) is 8.94. The van der Waals surface area contributed by atoms with Gasteiger partial charge in [0.05, 0.1) is 6.20 Å². The molecule has 2 N–H and O–H groups in total. The molecule has 2 aromatic rings. The van der Waals surface area contributed by atoms with Crippen molar-refractivity contribution in [1.82, 2.24) is 19.9 Å². The predicted molar refractivity (Wildman–Crippen MR) is 68.2 cm³/mol. The van der Waals surface area contributed by atoms with Crippen molar-refractivity contribution in [3.63, 3.8) is 0 Å². The van der Waals surface area contributed by atoms with Crippen LogP contribution < -0.4 is 5.73 Å². The van der Waals surface area contributed by atoms with Gasteiger partial charge in [-0.15, -0.1) is 0 Å². The Morgan fingerprint density at radius 3 is 2.84 bits per heavy atom. The van der Waals surface area contributed by atoms with Crippen LogP contribution in [0.25, 0.3) is 0 Å². The van der Waals surface area contributed by atoms with Gasteiger partial charge in [-0.3, -0.25) is 4.68 Å². The Kier molecular flexibility index (Phi) is 3.68. The summed E-state index contributed by atoms with van der Waals surface area (Å²) in [6.45, 7) is 6.27. The molecular weight excluding hydrogens is 246 g/mol. The highest BCUT2D eigenvalue weighted by Crippen LogP contribution is 2.24. The third-order valence-corrected chi connectivity index (χ3v) is 2.84. The van der Waals surface area contributed by atoms with Gasteiger partial charge in [0.25, 0.3) is 0 Å². The molecule has 0 aliphatic heterocycles. The predicted octanol–water partition coefficient (Wildman–Crippen LogP) is 1.12. The molecule has 0 spiro atoms. The molecule has 0 aromatic carbocycles. The van der Waals surface area contributed by atoms with E-state index in [1.165, 1.54) is 0 Å². The molecule has 2 aromatic heterocycles. The first-order valence-electron chi connectivity index (χ1n) is 6.16. The van der Waals surface area contributed by atoms with Crippen LogP contribution in [0.1, 0.15) is 44.1 Å². The van der Waals surface area contributed by atoms with Crippen LogP contribution in [-0.2, 0) is 17.4 Å². The van der Waals surface area contributed by atoms with Crippen molar-refractivity contribution in [1.29, 1.82) is 0 Å². The van der Waals surface area contributed by atoms with Gasteiger partial charge in [-0.1, -0.05) is 5.16 Å². The van der Waals surface area contributed by atoms with E-state index in [9.17, 15) is 0 Å². The lowest BCUT2D eigenvalue weighted by molar-refractivity contribution is -0.0221. The minimum Gasteiger partial charge on any atom is -0.368 e. The van der Waals surface area contributed by atoms with E-state index in [4.69, 9.17) is 15.0 Å². The summed E-state index contributed by atoms with van der Waals surface area (Å²) in [4.78, 5) is 4.32. The molecular formula is C12H19N5O2. The fourth-order valence-electron chi connectivity index (χ4n) is 1.77. The van der Waals surface area contributed by atoms with E-state index in [-0.39, 0.29) is 0 Å². The molecule has 1 atom stereocenters. The third-order valence-electron chi connectivity index (χ3n) is 2.84. The molecule has 7 nitrogen and oxygen atoms in total. The minimum absolute atomic E-state index is 0.357. The van der Waals surface area contributed by atoms with E-state index in [1.54, 1.807) is 10.9 Å². The average Bonchev–Trinajstić information content (AvgIpc) is 2.96. The van der Waals surface area contributed by atoms with Crippen LogP contribution in [0, 0.1) is 0 Å². The smallest absolute Gasteiger partial charge is 0.248 e. The van der Waals surface area contributed by atoms with Crippen molar-refractivity contribution in [3.8, 4) is 0 Å². The van der Waals surface area contributed by atoms with Crippen LogP contribution in [0.4, 0.5) is 0 Å². The molecule has 0 amide bonds. The molecule has 0 saturated carbocycles. The van der Waals surface area contributed by atoms with Crippen LogP contribution in [0.2, 0.25) is 0 Å². The number of nitrogens with zero attached hydrogens (tertiary/aromatic N) is 4. The first-order valence-corrected chi connectivity index (χ1v) is 6.16. The van der Waals surface area contributed by atoms with E-state index in [1.807, 2.05) is 34.0 Å². The van der Waals surface area contributed by atoms with Gasteiger partial charge >= 0.3 is 0 Å². The van der Waals surface area contributed by atoms with Crippen LogP contribution in [-0.4, -0.2) is 26.5 Å². The molecule has 19 heavy (non-hydrogen) atoms. The summed E-state index contributed by atoms with van der Waals surface area (Å²) in [6, 6.07) is -0.479. The monoisotopic (exact) mass is 265 g/mol. The van der Waals surface area contributed by atoms with Crippen LogP contribution in [0.3, 0.4) is 0 Å². The van der Waals surface area contributed by atoms with E-state index in [0.717, 1.165) is 5.56 Å². The molecule has 104 valence electrons. The van der Waals surface area contributed by atoms with E-state index < -0.39 is 11.6 Å². The lowest BCUT2D eigenvalue weighted by Crippen LogP contribution is -2.23. The molecule has 1 unspecified atom stereocenters. The van der Waals surface area contributed by atoms with Crippen molar-refractivity contribution < 1.29 is 9.26 Å². The third kappa shape index (κ3) is 2.82. The zero-order chi connectivity index (χ0) is 14.0. The van der Waals surface area contributed by atoms with Crippen molar-refractivity contribution >= 4 is 0 Å². The van der Waals surface area contributed by atoms with E-state index in [2.05, 4.69) is 15.2 Å². The molecule has 0 aliphatic rings. The zero-order valence-corrected chi connectivity index (χ0v) is 11.6. The number of hydrogen-bond acceptors (Lipinski definition) is 6. The molecule has 0 radical (unpaired) electrons. The molecule has 7 heteroatoms. The summed E-state index contributed by atoms with van der Waals surface area (Å²) in [5, 5.41) is 8.01. The summed E-state index contributed by atoms with van der Waals surface area (Å²) in [5.74, 6) is 0.847. The Bertz CT molecular complexity index is 546. The quantitative estimate of drug-likeness (QED) is 0.871. The normalized spacial score (nSPS) is 13.7. The topological polar surface area (TPSA) is 92.0 Å². The van der Waals surface area contributed by atoms with Crippen molar-refractivity contribution in [2.45, 2.75) is 32.4 Å². The maximum Gasteiger partial charge on any atom is 0.248 e. The van der Waals surface area contributed by atoms with Gasteiger partial charge in [0.1, 0.15) is 11.6 Å². The van der Waals surface area contributed by atoms with Crippen LogP contribution in [0.5, 0.6) is 0 Å². The first kappa shape index (κ1) is 13.7. The van der Waals surface area contributed by atoms with Crippen molar-refractivity contribution in [3.05, 3.63) is 29.7 Å². The van der Waals surface area contributed by atoms with E-state index >= 15 is 0 Å². The number of aromatic nitrogens is 4. The second-order valence-corrected chi connectivity index (χ2v) is 4.82. The number of aryl methyl sites for hydroxylation is 1. The fraction of sp³-hybridized carbons (Fsp3) is 0.583. The maximum atomic E-state index is 6.07. The van der Waals surface area contributed by atoms with Gasteiger partial charge < -0.3 is 15.0 Å². The lowest BCUT2D eigenvalue weighted by Gasteiger charge is -2.19. The van der Waals surface area contributed by atoms with Crippen LogP contribution in [0.15, 0.2) is 16.9 Å². The molecule has 0 fully saturated rings. The average molecular weight is 265 g/mol. The Hall–Kier alpha value is -1.73. The zero-order valence-electron chi connectivity index (χ0n) is 11.6. The summed E-state index contributed by atoms with van der Waals surface area (Å²) >= 11 is 0. The Labute approximate surface area is 111 Å². The van der Waals surface area contributed by atoms with Gasteiger partial charge in [-0.05, 0) is 20.8 Å². The van der Waals surface area contributed by atoms with Crippen molar-refractivity contribution in [2.24, 2.45) is 12.8 Å². The number of nitrogens with two attached hydrogens (primary N) is 1. The summed E-state index contributed by atoms with van der Waals surface area (Å²) in [6.07, 6.45) is 3.50. The van der Waals surface area contributed by atoms with Gasteiger partial charge in [-0.2, -0.15) is 10.1 Å². The van der Waals surface area contributed by atoms with Gasteiger partial charge in [0.2, 0.25) is 11.7 Å². The molecule has 0 saturated heterocycles. The van der Waals surface area contributed by atoms with Gasteiger partial charge in [0.15, 0.2) is 0 Å². The molecule has 0 aliphatic carbocycles. The number of hydrogen-bond donors (Lipinski definition) is 1. The van der Waals surface area contributed by atoms with Gasteiger partial charge in [0, 0.05) is 25.4 Å². The highest BCUT2D eigenvalue weighted by Gasteiger charge is 2.29. The molecule has 0 bridgehead atoms. The highest BCUT2D eigenvalue weighted by molar-refractivity contribution is 5.17. The Morgan fingerprint density at radius 1 is 1.53 bits per heavy atom. The summed E-state index contributed by atoms with van der Waals surface area (Å²) in [7, 11) is 1.83. The summed E-state index contributed by atoms with van der Waals surface area (Å²) < 4.78 is 12.5. The number of rotatable bonds is 5. The largest absolute Gasteiger partial charge is 0.368 e. The fourth-order valence-corrected chi connectivity index (χ4v) is 1.77.